The second kappa shape index (κ2) is 10.4. The average Bonchev–Trinajstić information content (AvgIpc) is 2.74. The van der Waals surface area contributed by atoms with Gasteiger partial charge < -0.3 is 10.2 Å². The van der Waals surface area contributed by atoms with Crippen LogP contribution in [0.5, 0.6) is 0 Å². The van der Waals surface area contributed by atoms with Gasteiger partial charge in [0.15, 0.2) is 0 Å². The van der Waals surface area contributed by atoms with Gasteiger partial charge in [-0.05, 0) is 36.5 Å². The Morgan fingerprint density at radius 2 is 1.57 bits per heavy atom. The molecular formula is C25H33N3O2. The number of hydrogen-bond donors (Lipinski definition) is 1. The van der Waals surface area contributed by atoms with E-state index in [0.29, 0.717) is 31.0 Å². The fraction of sp³-hybridized carbons (Fsp3) is 0.440. The number of piperazine rings is 1. The molecule has 2 amide bonds. The van der Waals surface area contributed by atoms with Gasteiger partial charge in [0.2, 0.25) is 5.91 Å². The van der Waals surface area contributed by atoms with E-state index in [1.165, 1.54) is 5.56 Å². The van der Waals surface area contributed by atoms with Crippen molar-refractivity contribution in [2.24, 2.45) is 5.92 Å². The third kappa shape index (κ3) is 5.92. The van der Waals surface area contributed by atoms with Crippen molar-refractivity contribution in [2.45, 2.75) is 39.8 Å². The topological polar surface area (TPSA) is 52.7 Å². The third-order valence-corrected chi connectivity index (χ3v) is 5.63. The van der Waals surface area contributed by atoms with E-state index in [1.807, 2.05) is 42.2 Å². The van der Waals surface area contributed by atoms with Crippen molar-refractivity contribution in [1.82, 2.24) is 15.1 Å². The molecule has 0 aliphatic carbocycles. The molecule has 5 heteroatoms. The van der Waals surface area contributed by atoms with Crippen molar-refractivity contribution in [3.63, 3.8) is 0 Å². The van der Waals surface area contributed by atoms with Gasteiger partial charge in [-0.2, -0.15) is 0 Å². The van der Waals surface area contributed by atoms with Crippen LogP contribution in [0.3, 0.4) is 0 Å². The molecule has 1 heterocycles. The predicted molar refractivity (Wildman–Crippen MR) is 120 cm³/mol. The molecule has 1 saturated heterocycles. The Morgan fingerprint density at radius 1 is 0.933 bits per heavy atom. The largest absolute Gasteiger partial charge is 0.340 e. The molecule has 1 aliphatic rings. The van der Waals surface area contributed by atoms with Crippen molar-refractivity contribution < 1.29 is 9.59 Å². The molecule has 2 aromatic rings. The van der Waals surface area contributed by atoms with Crippen molar-refractivity contribution in [1.29, 1.82) is 0 Å². The van der Waals surface area contributed by atoms with Crippen LogP contribution >= 0.6 is 0 Å². The van der Waals surface area contributed by atoms with E-state index in [0.717, 1.165) is 25.2 Å². The molecule has 3 rings (SSSR count). The maximum atomic E-state index is 13.2. The third-order valence-electron chi connectivity index (χ3n) is 5.63. The Hall–Kier alpha value is -2.66. The highest BCUT2D eigenvalue weighted by molar-refractivity contribution is 5.98. The number of carbonyl (C=O) groups is 2. The summed E-state index contributed by atoms with van der Waals surface area (Å²) in [5.41, 5.74) is 2.84. The SMILES string of the molecule is Cc1ccccc1C(=O)N[C@@H](CC(C)C)C(=O)N1CCN(Cc2ccccc2)CC1. The smallest absolute Gasteiger partial charge is 0.252 e. The van der Waals surface area contributed by atoms with Crippen LogP contribution < -0.4 is 5.32 Å². The Labute approximate surface area is 180 Å². The van der Waals surface area contributed by atoms with Gasteiger partial charge >= 0.3 is 0 Å². The number of aryl methyl sites for hydroxylation is 1. The molecule has 1 atom stereocenters. The van der Waals surface area contributed by atoms with Gasteiger partial charge in [-0.1, -0.05) is 62.4 Å². The van der Waals surface area contributed by atoms with Crippen molar-refractivity contribution in [3.05, 3.63) is 71.3 Å². The van der Waals surface area contributed by atoms with E-state index >= 15 is 0 Å². The minimum Gasteiger partial charge on any atom is -0.340 e. The average molecular weight is 408 g/mol. The number of nitrogens with zero attached hydrogens (tertiary/aromatic N) is 2. The molecule has 0 bridgehead atoms. The van der Waals surface area contributed by atoms with Crippen LogP contribution in [0.2, 0.25) is 0 Å². The first-order chi connectivity index (χ1) is 14.4. The number of benzene rings is 2. The van der Waals surface area contributed by atoms with E-state index in [2.05, 4.69) is 48.3 Å². The summed E-state index contributed by atoms with van der Waals surface area (Å²) in [5, 5.41) is 3.01. The van der Waals surface area contributed by atoms with Gasteiger partial charge in [-0.25, -0.2) is 0 Å². The zero-order valence-corrected chi connectivity index (χ0v) is 18.3. The maximum absolute atomic E-state index is 13.2. The molecule has 2 aromatic carbocycles. The van der Waals surface area contributed by atoms with Crippen molar-refractivity contribution in [2.75, 3.05) is 26.2 Å². The summed E-state index contributed by atoms with van der Waals surface area (Å²) < 4.78 is 0. The lowest BCUT2D eigenvalue weighted by atomic mass is 10.0. The lowest BCUT2D eigenvalue weighted by Gasteiger charge is -2.37. The van der Waals surface area contributed by atoms with Gasteiger partial charge in [-0.3, -0.25) is 14.5 Å². The zero-order chi connectivity index (χ0) is 21.5. The van der Waals surface area contributed by atoms with Gasteiger partial charge in [-0.15, -0.1) is 0 Å². The van der Waals surface area contributed by atoms with Gasteiger partial charge in [0.05, 0.1) is 0 Å². The molecule has 30 heavy (non-hydrogen) atoms. The summed E-state index contributed by atoms with van der Waals surface area (Å²) in [7, 11) is 0. The number of rotatable bonds is 7. The Morgan fingerprint density at radius 3 is 2.20 bits per heavy atom. The molecule has 1 fully saturated rings. The maximum Gasteiger partial charge on any atom is 0.252 e. The molecule has 0 spiro atoms. The minimum atomic E-state index is -0.488. The van der Waals surface area contributed by atoms with Crippen LogP contribution in [0.25, 0.3) is 0 Å². The van der Waals surface area contributed by atoms with E-state index in [4.69, 9.17) is 0 Å². The Bertz CT molecular complexity index is 842. The summed E-state index contributed by atoms with van der Waals surface area (Å²) >= 11 is 0. The predicted octanol–water partition coefficient (Wildman–Crippen LogP) is 3.48. The molecule has 1 N–H and O–H groups in total. The first-order valence-electron chi connectivity index (χ1n) is 10.9. The van der Waals surface area contributed by atoms with Crippen LogP contribution in [-0.4, -0.2) is 53.8 Å². The molecule has 0 saturated carbocycles. The van der Waals surface area contributed by atoms with Crippen LogP contribution in [0, 0.1) is 12.8 Å². The quantitative estimate of drug-likeness (QED) is 0.765. The fourth-order valence-electron chi connectivity index (χ4n) is 3.94. The number of hydrogen-bond acceptors (Lipinski definition) is 3. The first kappa shape index (κ1) is 22.0. The second-order valence-corrected chi connectivity index (χ2v) is 8.56. The summed E-state index contributed by atoms with van der Waals surface area (Å²) in [6, 6.07) is 17.4. The van der Waals surface area contributed by atoms with Gasteiger partial charge in [0.1, 0.15) is 6.04 Å². The highest BCUT2D eigenvalue weighted by Gasteiger charge is 2.29. The molecular weight excluding hydrogens is 374 g/mol. The summed E-state index contributed by atoms with van der Waals surface area (Å²) in [4.78, 5) is 30.3. The van der Waals surface area contributed by atoms with Gasteiger partial charge in [0, 0.05) is 38.3 Å². The zero-order valence-electron chi connectivity index (χ0n) is 18.3. The lowest BCUT2D eigenvalue weighted by molar-refractivity contribution is -0.135. The number of nitrogens with one attached hydrogen (secondary N) is 1. The molecule has 160 valence electrons. The second-order valence-electron chi connectivity index (χ2n) is 8.56. The standard InChI is InChI=1S/C25H33N3O2/c1-19(2)17-23(26-24(29)22-12-8-7-9-20(22)3)25(30)28-15-13-27(14-16-28)18-21-10-5-4-6-11-21/h4-12,19,23H,13-18H2,1-3H3,(H,26,29)/t23-/m0/s1. The van der Waals surface area contributed by atoms with Crippen molar-refractivity contribution >= 4 is 11.8 Å². The van der Waals surface area contributed by atoms with E-state index in [1.54, 1.807) is 0 Å². The summed E-state index contributed by atoms with van der Waals surface area (Å²) in [5.74, 6) is 0.176. The van der Waals surface area contributed by atoms with Crippen LogP contribution in [0.4, 0.5) is 0 Å². The van der Waals surface area contributed by atoms with Crippen LogP contribution in [0.15, 0.2) is 54.6 Å². The first-order valence-corrected chi connectivity index (χ1v) is 10.9. The molecule has 0 radical (unpaired) electrons. The van der Waals surface area contributed by atoms with Crippen LogP contribution in [-0.2, 0) is 11.3 Å². The van der Waals surface area contributed by atoms with Crippen molar-refractivity contribution in [3.8, 4) is 0 Å². The number of amides is 2. The molecule has 1 aliphatic heterocycles. The molecule has 5 nitrogen and oxygen atoms in total. The van der Waals surface area contributed by atoms with Gasteiger partial charge in [0.25, 0.3) is 5.91 Å². The Kier molecular flexibility index (Phi) is 7.63. The monoisotopic (exact) mass is 407 g/mol. The van der Waals surface area contributed by atoms with Crippen LogP contribution in [0.1, 0.15) is 41.8 Å². The highest BCUT2D eigenvalue weighted by Crippen LogP contribution is 2.14. The van der Waals surface area contributed by atoms with E-state index in [-0.39, 0.29) is 11.8 Å². The Balaban J connectivity index is 1.60. The normalized spacial score (nSPS) is 15.8. The van der Waals surface area contributed by atoms with E-state index in [9.17, 15) is 9.59 Å². The lowest BCUT2D eigenvalue weighted by Crippen LogP contribution is -2.55. The summed E-state index contributed by atoms with van der Waals surface area (Å²) in [6.45, 7) is 10.1. The number of carbonyl (C=O) groups excluding carboxylic acids is 2. The molecule has 0 aromatic heterocycles. The molecule has 0 unspecified atom stereocenters. The minimum absolute atomic E-state index is 0.0324. The highest BCUT2D eigenvalue weighted by atomic mass is 16.2. The summed E-state index contributed by atoms with van der Waals surface area (Å²) in [6.07, 6.45) is 0.640. The van der Waals surface area contributed by atoms with E-state index < -0.39 is 6.04 Å². The fourth-order valence-corrected chi connectivity index (χ4v) is 3.94.